The fraction of sp³-hybridized carbons (Fsp3) is 0.556. The lowest BCUT2D eigenvalue weighted by molar-refractivity contribution is 1.26. The molecule has 0 amide bonds. The fourth-order valence-electron chi connectivity index (χ4n) is 0.400. The standard InChI is InChI=1S/C7H12N2.C2H6/c1-4-9-7(3)6(2)5-8;1-2/h4-5,8H,1-3H3;1-2H3/b7-6-,8-5?,9-4?;. The van der Waals surface area contributed by atoms with Crippen LogP contribution in [0.1, 0.15) is 34.6 Å². The second-order valence-corrected chi connectivity index (χ2v) is 1.80. The Kier molecular flexibility index (Phi) is 10.5. The summed E-state index contributed by atoms with van der Waals surface area (Å²) < 4.78 is 0. The molecule has 2 nitrogen and oxygen atoms in total. The molecule has 0 aliphatic rings. The van der Waals surface area contributed by atoms with E-state index in [9.17, 15) is 0 Å². The summed E-state index contributed by atoms with van der Waals surface area (Å²) in [4.78, 5) is 4.00. The van der Waals surface area contributed by atoms with Crippen molar-refractivity contribution in [3.05, 3.63) is 11.3 Å². The summed E-state index contributed by atoms with van der Waals surface area (Å²) in [7, 11) is 0. The van der Waals surface area contributed by atoms with Gasteiger partial charge in [-0.2, -0.15) is 0 Å². The monoisotopic (exact) mass is 154 g/mol. The molecule has 2 heteroatoms. The van der Waals surface area contributed by atoms with Crippen LogP contribution in [0.5, 0.6) is 0 Å². The van der Waals surface area contributed by atoms with Crippen molar-refractivity contribution in [2.75, 3.05) is 0 Å². The average Bonchev–Trinajstić information content (AvgIpc) is 2.07. The molecule has 0 aromatic rings. The zero-order chi connectivity index (χ0) is 9.28. The molecular formula is C9H18N2. The molecular weight excluding hydrogens is 136 g/mol. The van der Waals surface area contributed by atoms with Gasteiger partial charge in [0.05, 0.1) is 0 Å². The zero-order valence-electron chi connectivity index (χ0n) is 8.10. The molecule has 0 aromatic heterocycles. The highest BCUT2D eigenvalue weighted by Crippen LogP contribution is 1.99. The van der Waals surface area contributed by atoms with Gasteiger partial charge in [-0.25, -0.2) is 0 Å². The average molecular weight is 154 g/mol. The van der Waals surface area contributed by atoms with Crippen LogP contribution in [0.15, 0.2) is 16.3 Å². The van der Waals surface area contributed by atoms with E-state index in [-0.39, 0.29) is 0 Å². The van der Waals surface area contributed by atoms with Gasteiger partial charge in [-0.15, -0.1) is 0 Å². The minimum atomic E-state index is 0.910. The Balaban J connectivity index is 0. The van der Waals surface area contributed by atoms with Crippen molar-refractivity contribution < 1.29 is 0 Å². The van der Waals surface area contributed by atoms with Crippen molar-refractivity contribution >= 4 is 12.4 Å². The molecule has 0 saturated heterocycles. The van der Waals surface area contributed by atoms with Crippen LogP contribution in [-0.4, -0.2) is 12.4 Å². The van der Waals surface area contributed by atoms with Gasteiger partial charge in [-0.05, 0) is 26.3 Å². The zero-order valence-corrected chi connectivity index (χ0v) is 8.10. The first-order chi connectivity index (χ1) is 5.22. The SMILES string of the molecule is CC.CC=N/C(C)=C(/C)C=N. The third-order valence-electron chi connectivity index (χ3n) is 1.11. The minimum absolute atomic E-state index is 0.910. The van der Waals surface area contributed by atoms with Crippen LogP contribution in [0.2, 0.25) is 0 Å². The number of nitrogens with one attached hydrogen (secondary N) is 1. The van der Waals surface area contributed by atoms with Crippen LogP contribution in [-0.2, 0) is 0 Å². The molecule has 0 heterocycles. The largest absolute Gasteiger partial charge is 0.308 e. The van der Waals surface area contributed by atoms with Crippen molar-refractivity contribution in [1.29, 1.82) is 5.41 Å². The van der Waals surface area contributed by atoms with E-state index in [0.29, 0.717) is 0 Å². The van der Waals surface area contributed by atoms with Gasteiger partial charge in [0.2, 0.25) is 0 Å². The lowest BCUT2D eigenvalue weighted by Crippen LogP contribution is -1.80. The summed E-state index contributed by atoms with van der Waals surface area (Å²) in [5, 5.41) is 6.86. The van der Waals surface area contributed by atoms with Gasteiger partial charge in [0.25, 0.3) is 0 Å². The molecule has 11 heavy (non-hydrogen) atoms. The maximum absolute atomic E-state index is 6.86. The smallest absolute Gasteiger partial charge is 0.0412 e. The van der Waals surface area contributed by atoms with Gasteiger partial charge < -0.3 is 5.41 Å². The number of nitrogens with zero attached hydrogens (tertiary/aromatic N) is 1. The third kappa shape index (κ3) is 6.97. The molecule has 0 radical (unpaired) electrons. The molecule has 64 valence electrons. The molecule has 0 bridgehead atoms. The van der Waals surface area contributed by atoms with Gasteiger partial charge in [-0.3, -0.25) is 4.99 Å². The molecule has 0 aromatic carbocycles. The van der Waals surface area contributed by atoms with E-state index in [0.717, 1.165) is 11.3 Å². The molecule has 0 rings (SSSR count). The Morgan fingerprint density at radius 3 is 2.00 bits per heavy atom. The van der Waals surface area contributed by atoms with Gasteiger partial charge in [0.1, 0.15) is 0 Å². The lowest BCUT2D eigenvalue weighted by atomic mass is 10.3. The van der Waals surface area contributed by atoms with Crippen LogP contribution in [0.4, 0.5) is 0 Å². The summed E-state index contributed by atoms with van der Waals surface area (Å²) in [6.07, 6.45) is 3.03. The normalized spacial score (nSPS) is 11.7. The van der Waals surface area contributed by atoms with E-state index in [1.807, 2.05) is 34.6 Å². The minimum Gasteiger partial charge on any atom is -0.308 e. The topological polar surface area (TPSA) is 36.2 Å². The Morgan fingerprint density at radius 1 is 1.27 bits per heavy atom. The van der Waals surface area contributed by atoms with E-state index in [4.69, 9.17) is 5.41 Å². The highest BCUT2D eigenvalue weighted by molar-refractivity contribution is 5.76. The van der Waals surface area contributed by atoms with Crippen LogP contribution in [0.3, 0.4) is 0 Å². The number of rotatable bonds is 2. The van der Waals surface area contributed by atoms with Crippen LogP contribution < -0.4 is 0 Å². The summed E-state index contributed by atoms with van der Waals surface area (Å²) in [5.41, 5.74) is 1.82. The van der Waals surface area contributed by atoms with Crippen molar-refractivity contribution in [3.63, 3.8) is 0 Å². The summed E-state index contributed by atoms with van der Waals surface area (Å²) in [5.74, 6) is 0. The van der Waals surface area contributed by atoms with Crippen LogP contribution in [0.25, 0.3) is 0 Å². The summed E-state index contributed by atoms with van der Waals surface area (Å²) >= 11 is 0. The summed E-state index contributed by atoms with van der Waals surface area (Å²) in [6.45, 7) is 9.62. The number of hydrogen-bond acceptors (Lipinski definition) is 2. The molecule has 0 unspecified atom stereocenters. The molecule has 0 saturated carbocycles. The maximum atomic E-state index is 6.86. The first-order valence-corrected chi connectivity index (χ1v) is 3.89. The first-order valence-electron chi connectivity index (χ1n) is 3.89. The molecule has 0 aliphatic heterocycles. The highest BCUT2D eigenvalue weighted by atomic mass is 14.7. The Labute approximate surface area is 69.6 Å². The molecule has 0 fully saturated rings. The van der Waals surface area contributed by atoms with E-state index in [1.54, 1.807) is 6.21 Å². The van der Waals surface area contributed by atoms with Crippen LogP contribution >= 0.6 is 0 Å². The Morgan fingerprint density at radius 2 is 1.73 bits per heavy atom. The predicted octanol–water partition coefficient (Wildman–Crippen LogP) is 3.05. The van der Waals surface area contributed by atoms with Gasteiger partial charge in [-0.1, -0.05) is 13.8 Å². The highest BCUT2D eigenvalue weighted by Gasteiger charge is 1.86. The van der Waals surface area contributed by atoms with Gasteiger partial charge in [0.15, 0.2) is 0 Å². The summed E-state index contributed by atoms with van der Waals surface area (Å²) in [6, 6.07) is 0. The van der Waals surface area contributed by atoms with E-state index in [1.165, 1.54) is 6.21 Å². The quantitative estimate of drug-likeness (QED) is 0.593. The Hall–Kier alpha value is -0.920. The number of allylic oxidation sites excluding steroid dienone is 2. The number of aliphatic imine (C=N–C) groups is 1. The lowest BCUT2D eigenvalue weighted by Gasteiger charge is -1.92. The molecule has 1 N–H and O–H groups in total. The number of hydrogen-bond donors (Lipinski definition) is 1. The second kappa shape index (κ2) is 9.08. The van der Waals surface area contributed by atoms with Crippen molar-refractivity contribution in [3.8, 4) is 0 Å². The van der Waals surface area contributed by atoms with E-state index >= 15 is 0 Å². The Bertz CT molecular complexity index is 155. The van der Waals surface area contributed by atoms with Gasteiger partial charge in [0, 0.05) is 18.1 Å². The van der Waals surface area contributed by atoms with Crippen molar-refractivity contribution in [1.82, 2.24) is 0 Å². The molecule has 0 atom stereocenters. The predicted molar refractivity (Wildman–Crippen MR) is 52.7 cm³/mol. The van der Waals surface area contributed by atoms with Gasteiger partial charge >= 0.3 is 0 Å². The van der Waals surface area contributed by atoms with Crippen LogP contribution in [0, 0.1) is 5.41 Å². The van der Waals surface area contributed by atoms with Crippen molar-refractivity contribution in [2.45, 2.75) is 34.6 Å². The second-order valence-electron chi connectivity index (χ2n) is 1.80. The first kappa shape index (κ1) is 12.7. The van der Waals surface area contributed by atoms with Crippen molar-refractivity contribution in [2.24, 2.45) is 4.99 Å². The fourth-order valence-corrected chi connectivity index (χ4v) is 0.400. The molecule has 0 aliphatic carbocycles. The van der Waals surface area contributed by atoms with E-state index in [2.05, 4.69) is 4.99 Å². The third-order valence-corrected chi connectivity index (χ3v) is 1.11. The maximum Gasteiger partial charge on any atom is 0.0412 e. The molecule has 0 spiro atoms. The van der Waals surface area contributed by atoms with E-state index < -0.39 is 0 Å².